The number of Topliss-reactive ketones (excluding diaryl/α,β-unsaturated/α-hetero) is 1. The lowest BCUT2D eigenvalue weighted by Gasteiger charge is -2.41. The molecular formula is C28H36O15. The average Bonchev–Trinajstić information content (AvgIpc) is 2.97. The molecule has 0 unspecified atom stereocenters. The van der Waals surface area contributed by atoms with Crippen molar-refractivity contribution in [2.75, 3.05) is 13.2 Å². The normalized spacial score (nSPS) is 35.2. The van der Waals surface area contributed by atoms with Gasteiger partial charge in [-0.25, -0.2) is 0 Å². The average molecular weight is 613 g/mol. The highest BCUT2D eigenvalue weighted by Gasteiger charge is 2.47. The number of hydrogen-bond donors (Lipinski definition) is 9. The summed E-state index contributed by atoms with van der Waals surface area (Å²) in [6.45, 7) is 2.04. The Bertz CT molecular complexity index is 1250. The molecule has 0 radical (unpaired) electrons. The summed E-state index contributed by atoms with van der Waals surface area (Å²) in [6, 6.07) is 2.18. The largest absolute Gasteiger partial charge is 0.507 e. The van der Waals surface area contributed by atoms with Crippen molar-refractivity contribution >= 4 is 11.6 Å². The first-order chi connectivity index (χ1) is 20.3. The molecule has 0 amide bonds. The predicted octanol–water partition coefficient (Wildman–Crippen LogP) is -2.58. The smallest absolute Gasteiger partial charge is 0.229 e. The summed E-state index contributed by atoms with van der Waals surface area (Å²) >= 11 is 0. The first-order valence-electron chi connectivity index (χ1n) is 13.5. The van der Waals surface area contributed by atoms with E-state index in [2.05, 4.69) is 0 Å². The highest BCUT2D eigenvalue weighted by Crippen LogP contribution is 2.39. The minimum atomic E-state index is -1.84. The SMILES string of the molecule is CC(C)=CC[C@@H](O[C@@H]1O[C@H](CO)[C@@H](O)[C@H](O)[C@H]1O)C1=CC(=O)c2c(O)ccc(O[C@@H]3O[C@H](CO)[C@@H](O)[C@H](O)[C@H]3O)c2C1=O. The van der Waals surface area contributed by atoms with E-state index < -0.39 is 109 Å². The van der Waals surface area contributed by atoms with Gasteiger partial charge in [-0.15, -0.1) is 0 Å². The Hall–Kier alpha value is -2.80. The highest BCUT2D eigenvalue weighted by molar-refractivity contribution is 6.27. The van der Waals surface area contributed by atoms with Gasteiger partial charge in [0.15, 0.2) is 17.9 Å². The summed E-state index contributed by atoms with van der Waals surface area (Å²) in [5.74, 6) is -2.63. The molecule has 1 aromatic carbocycles. The fourth-order valence-electron chi connectivity index (χ4n) is 5.04. The second-order valence-electron chi connectivity index (χ2n) is 10.8. The maximum atomic E-state index is 14.0. The molecule has 1 aromatic rings. The number of rotatable bonds is 9. The van der Waals surface area contributed by atoms with Gasteiger partial charge in [-0.1, -0.05) is 11.6 Å². The van der Waals surface area contributed by atoms with Crippen LogP contribution in [0.15, 0.2) is 35.4 Å². The van der Waals surface area contributed by atoms with Crippen molar-refractivity contribution < 1.29 is 74.5 Å². The number of phenols is 1. The Morgan fingerprint density at radius 3 is 1.95 bits per heavy atom. The van der Waals surface area contributed by atoms with Gasteiger partial charge in [-0.3, -0.25) is 9.59 Å². The third-order valence-electron chi connectivity index (χ3n) is 7.49. The number of fused-ring (bicyclic) bond motifs is 1. The molecule has 3 aliphatic rings. The monoisotopic (exact) mass is 612 g/mol. The van der Waals surface area contributed by atoms with Crippen LogP contribution in [0.4, 0.5) is 0 Å². The molecule has 11 atom stereocenters. The number of aliphatic hydroxyl groups excluding tert-OH is 8. The molecule has 2 fully saturated rings. The van der Waals surface area contributed by atoms with Crippen LogP contribution in [-0.4, -0.2) is 138 Å². The summed E-state index contributed by atoms with van der Waals surface area (Å²) in [4.78, 5) is 27.2. The van der Waals surface area contributed by atoms with Crippen molar-refractivity contribution in [2.45, 2.75) is 87.8 Å². The third-order valence-corrected chi connectivity index (χ3v) is 7.49. The minimum absolute atomic E-state index is 0.0424. The molecule has 2 aliphatic heterocycles. The molecule has 2 saturated heterocycles. The van der Waals surface area contributed by atoms with Crippen LogP contribution in [0, 0.1) is 0 Å². The number of ketones is 2. The predicted molar refractivity (Wildman–Crippen MR) is 142 cm³/mol. The molecule has 238 valence electrons. The van der Waals surface area contributed by atoms with Crippen LogP contribution in [0.25, 0.3) is 0 Å². The standard InChI is InChI=1S/C28H36O15/c1-10(2)3-5-14(40-27-25(38)23(36)21(34)16(8-29)42-27)11-7-13(32)18-12(31)4-6-15(19(18)20(11)33)41-28-26(39)24(37)22(35)17(9-30)43-28/h3-4,6-7,14,16-17,21-31,34-39H,5,8-9H2,1-2H3/t14-,16-,17-,21-,22-,23+,24+,25-,26-,27-,28-/m1/s1. The molecule has 2 heterocycles. The quantitative estimate of drug-likeness (QED) is 0.130. The number of hydrogen-bond acceptors (Lipinski definition) is 15. The number of ether oxygens (including phenoxy) is 4. The van der Waals surface area contributed by atoms with Crippen molar-refractivity contribution in [1.29, 1.82) is 0 Å². The molecule has 4 rings (SSSR count). The second kappa shape index (κ2) is 13.5. The van der Waals surface area contributed by atoms with E-state index >= 15 is 0 Å². The lowest BCUT2D eigenvalue weighted by molar-refractivity contribution is -0.307. The Balaban J connectivity index is 1.70. The highest BCUT2D eigenvalue weighted by atomic mass is 16.7. The van der Waals surface area contributed by atoms with E-state index in [0.717, 1.165) is 23.8 Å². The van der Waals surface area contributed by atoms with Crippen molar-refractivity contribution in [2.24, 2.45) is 0 Å². The number of carbonyl (C=O) groups is 2. The molecule has 1 aliphatic carbocycles. The van der Waals surface area contributed by atoms with E-state index in [1.165, 1.54) is 0 Å². The van der Waals surface area contributed by atoms with Gasteiger partial charge in [-0.05, 0) is 38.5 Å². The Morgan fingerprint density at radius 1 is 0.837 bits per heavy atom. The molecule has 9 N–H and O–H groups in total. The summed E-state index contributed by atoms with van der Waals surface area (Å²) in [7, 11) is 0. The number of allylic oxidation sites excluding steroid dienone is 2. The van der Waals surface area contributed by atoms with E-state index in [-0.39, 0.29) is 17.7 Å². The number of aliphatic hydroxyl groups is 8. The number of phenolic OH excluding ortho intramolecular Hbond substituents is 1. The zero-order chi connectivity index (χ0) is 31.7. The van der Waals surface area contributed by atoms with Crippen LogP contribution >= 0.6 is 0 Å². The Labute approximate surface area is 245 Å². The fourth-order valence-corrected chi connectivity index (χ4v) is 5.04. The van der Waals surface area contributed by atoms with Crippen molar-refractivity contribution in [3.05, 3.63) is 46.6 Å². The lowest BCUT2D eigenvalue weighted by atomic mass is 9.84. The van der Waals surface area contributed by atoms with E-state index in [1.807, 2.05) is 0 Å². The first kappa shape index (κ1) is 33.1. The zero-order valence-electron chi connectivity index (χ0n) is 23.3. The summed E-state index contributed by atoms with van der Waals surface area (Å²) < 4.78 is 22.3. The van der Waals surface area contributed by atoms with Gasteiger partial charge >= 0.3 is 0 Å². The fraction of sp³-hybridized carbons (Fsp3) is 0.571. The molecule has 15 heteroatoms. The van der Waals surface area contributed by atoms with Gasteiger partial charge in [0.1, 0.15) is 60.3 Å². The molecular weight excluding hydrogens is 576 g/mol. The zero-order valence-corrected chi connectivity index (χ0v) is 23.3. The van der Waals surface area contributed by atoms with Gasteiger partial charge in [0.2, 0.25) is 6.29 Å². The summed E-state index contributed by atoms with van der Waals surface area (Å²) in [6.07, 6.45) is -15.3. The van der Waals surface area contributed by atoms with E-state index in [4.69, 9.17) is 18.9 Å². The summed E-state index contributed by atoms with van der Waals surface area (Å²) in [5.41, 5.74) is -0.359. The molecule has 43 heavy (non-hydrogen) atoms. The van der Waals surface area contributed by atoms with Crippen molar-refractivity contribution in [3.63, 3.8) is 0 Å². The van der Waals surface area contributed by atoms with E-state index in [9.17, 15) is 55.5 Å². The molecule has 15 nitrogen and oxygen atoms in total. The third kappa shape index (κ3) is 6.52. The minimum Gasteiger partial charge on any atom is -0.507 e. The van der Waals surface area contributed by atoms with Crippen LogP contribution in [-0.2, 0) is 14.2 Å². The van der Waals surface area contributed by atoms with Crippen molar-refractivity contribution in [3.8, 4) is 11.5 Å². The van der Waals surface area contributed by atoms with Crippen LogP contribution in [0.5, 0.6) is 11.5 Å². The number of carbonyl (C=O) groups excluding carboxylic acids is 2. The van der Waals surface area contributed by atoms with Gasteiger partial charge in [0.25, 0.3) is 0 Å². The van der Waals surface area contributed by atoms with Crippen LogP contribution < -0.4 is 4.74 Å². The Kier molecular flexibility index (Phi) is 10.4. The lowest BCUT2D eigenvalue weighted by Crippen LogP contribution is -2.60. The van der Waals surface area contributed by atoms with Crippen LogP contribution in [0.1, 0.15) is 41.0 Å². The number of benzene rings is 1. The van der Waals surface area contributed by atoms with Gasteiger partial charge in [-0.2, -0.15) is 0 Å². The summed E-state index contributed by atoms with van der Waals surface area (Å²) in [5, 5.41) is 91.0. The van der Waals surface area contributed by atoms with Crippen LogP contribution in [0.3, 0.4) is 0 Å². The molecule has 0 bridgehead atoms. The number of aromatic hydroxyl groups is 1. The molecule has 0 spiro atoms. The maximum absolute atomic E-state index is 14.0. The topological polar surface area (TPSA) is 253 Å². The first-order valence-corrected chi connectivity index (χ1v) is 13.5. The van der Waals surface area contributed by atoms with Gasteiger partial charge < -0.3 is 64.9 Å². The van der Waals surface area contributed by atoms with E-state index in [0.29, 0.717) is 0 Å². The van der Waals surface area contributed by atoms with Crippen molar-refractivity contribution in [1.82, 2.24) is 0 Å². The van der Waals surface area contributed by atoms with Crippen LogP contribution in [0.2, 0.25) is 0 Å². The van der Waals surface area contributed by atoms with Gasteiger partial charge in [0.05, 0.1) is 30.4 Å². The Morgan fingerprint density at radius 2 is 1.40 bits per heavy atom. The van der Waals surface area contributed by atoms with Gasteiger partial charge in [0, 0.05) is 5.57 Å². The van der Waals surface area contributed by atoms with E-state index in [1.54, 1.807) is 19.9 Å². The molecule has 0 saturated carbocycles. The maximum Gasteiger partial charge on any atom is 0.229 e. The molecule has 0 aromatic heterocycles. The second-order valence-corrected chi connectivity index (χ2v) is 10.8.